The Morgan fingerprint density at radius 2 is 1.54 bits per heavy atom. The minimum absolute atomic E-state index is 0.0808. The molecule has 0 aromatic heterocycles. The molecule has 5 rings (SSSR count). The van der Waals surface area contributed by atoms with Crippen LogP contribution in [0.2, 0.25) is 0 Å². The Balaban J connectivity index is 1.47. The topological polar surface area (TPSA) is 61.4 Å². The van der Waals surface area contributed by atoms with Crippen LogP contribution < -0.4 is 10.6 Å². The van der Waals surface area contributed by atoms with E-state index in [-0.39, 0.29) is 17.4 Å². The van der Waals surface area contributed by atoms with Crippen LogP contribution in [0.5, 0.6) is 0 Å². The lowest BCUT2D eigenvalue weighted by Crippen LogP contribution is -2.46. The number of amides is 2. The zero-order valence-electron chi connectivity index (χ0n) is 23.1. The molecule has 0 spiro atoms. The van der Waals surface area contributed by atoms with Gasteiger partial charge in [-0.15, -0.1) is 0 Å². The van der Waals surface area contributed by atoms with Crippen molar-refractivity contribution in [2.45, 2.75) is 71.4 Å². The Labute approximate surface area is 230 Å². The number of halogens is 1. The summed E-state index contributed by atoms with van der Waals surface area (Å²) in [5.41, 5.74) is 5.60. The fraction of sp³-hybridized carbons (Fsp3) is 0.394. The number of likely N-dealkylation sites (tertiary alicyclic amines) is 1. The SMILES string of the molecule is Cc1ccc(NC(=O)[C@H]2CCCN(C(=O)c3c(C)cccc3F)C2c2ccc(NC3CCCC3)cc2)cc1C. The average Bonchev–Trinajstić information content (AvgIpc) is 3.44. The molecule has 2 N–H and O–H groups in total. The first-order valence-electron chi connectivity index (χ1n) is 14.1. The number of carbonyl (C=O) groups is 2. The van der Waals surface area contributed by atoms with E-state index >= 15 is 0 Å². The minimum Gasteiger partial charge on any atom is -0.382 e. The average molecular weight is 528 g/mol. The van der Waals surface area contributed by atoms with Crippen molar-refractivity contribution >= 4 is 23.2 Å². The summed E-state index contributed by atoms with van der Waals surface area (Å²) in [6.45, 7) is 6.28. The van der Waals surface area contributed by atoms with Gasteiger partial charge in [0.1, 0.15) is 5.82 Å². The number of piperidine rings is 1. The second kappa shape index (κ2) is 11.6. The van der Waals surface area contributed by atoms with Gasteiger partial charge >= 0.3 is 0 Å². The van der Waals surface area contributed by atoms with E-state index in [1.165, 1.54) is 31.7 Å². The number of hydrogen-bond donors (Lipinski definition) is 2. The van der Waals surface area contributed by atoms with Crippen LogP contribution in [0.4, 0.5) is 15.8 Å². The first-order valence-corrected chi connectivity index (χ1v) is 14.1. The smallest absolute Gasteiger partial charge is 0.257 e. The van der Waals surface area contributed by atoms with E-state index in [2.05, 4.69) is 10.6 Å². The third kappa shape index (κ3) is 5.85. The normalized spacial score (nSPS) is 19.6. The molecule has 39 heavy (non-hydrogen) atoms. The van der Waals surface area contributed by atoms with Gasteiger partial charge < -0.3 is 15.5 Å². The van der Waals surface area contributed by atoms with E-state index in [1.54, 1.807) is 24.0 Å². The van der Waals surface area contributed by atoms with E-state index in [0.29, 0.717) is 31.0 Å². The van der Waals surface area contributed by atoms with Crippen LogP contribution in [0.25, 0.3) is 0 Å². The first-order chi connectivity index (χ1) is 18.8. The molecule has 5 nitrogen and oxygen atoms in total. The van der Waals surface area contributed by atoms with Gasteiger partial charge in [-0.05, 0) is 99.0 Å². The summed E-state index contributed by atoms with van der Waals surface area (Å²) in [5, 5.41) is 6.71. The van der Waals surface area contributed by atoms with Crippen molar-refractivity contribution in [1.29, 1.82) is 0 Å². The molecule has 0 radical (unpaired) electrons. The molecule has 6 heteroatoms. The number of carbonyl (C=O) groups excluding carboxylic acids is 2. The Morgan fingerprint density at radius 1 is 0.821 bits per heavy atom. The third-order valence-corrected chi connectivity index (χ3v) is 8.42. The van der Waals surface area contributed by atoms with Gasteiger partial charge in [0.05, 0.1) is 17.5 Å². The molecule has 204 valence electrons. The molecule has 1 aliphatic carbocycles. The van der Waals surface area contributed by atoms with Gasteiger partial charge in [-0.2, -0.15) is 0 Å². The molecule has 2 atom stereocenters. The highest BCUT2D eigenvalue weighted by molar-refractivity contribution is 5.98. The Morgan fingerprint density at radius 3 is 2.23 bits per heavy atom. The molecular weight excluding hydrogens is 489 g/mol. The minimum atomic E-state index is -0.531. The van der Waals surface area contributed by atoms with Crippen molar-refractivity contribution < 1.29 is 14.0 Å². The van der Waals surface area contributed by atoms with E-state index in [0.717, 1.165) is 28.1 Å². The summed E-state index contributed by atoms with van der Waals surface area (Å²) in [4.78, 5) is 29.3. The van der Waals surface area contributed by atoms with Crippen LogP contribution in [0.15, 0.2) is 60.7 Å². The number of benzene rings is 3. The van der Waals surface area contributed by atoms with E-state index in [4.69, 9.17) is 0 Å². The van der Waals surface area contributed by atoms with Crippen molar-refractivity contribution in [3.8, 4) is 0 Å². The Hall–Kier alpha value is -3.67. The highest BCUT2D eigenvalue weighted by Gasteiger charge is 2.40. The van der Waals surface area contributed by atoms with Gasteiger partial charge in [-0.1, -0.05) is 43.2 Å². The molecule has 0 bridgehead atoms. The monoisotopic (exact) mass is 527 g/mol. The van der Waals surface area contributed by atoms with E-state index in [9.17, 15) is 14.0 Å². The Bertz CT molecular complexity index is 1330. The van der Waals surface area contributed by atoms with Crippen LogP contribution in [0.3, 0.4) is 0 Å². The van der Waals surface area contributed by atoms with Crippen LogP contribution in [0, 0.1) is 32.5 Å². The number of nitrogens with one attached hydrogen (secondary N) is 2. The largest absolute Gasteiger partial charge is 0.382 e. The predicted octanol–water partition coefficient (Wildman–Crippen LogP) is 7.34. The van der Waals surface area contributed by atoms with Gasteiger partial charge in [0.2, 0.25) is 5.91 Å². The van der Waals surface area contributed by atoms with Crippen LogP contribution >= 0.6 is 0 Å². The maximum atomic E-state index is 14.9. The number of rotatable bonds is 6. The van der Waals surface area contributed by atoms with Crippen molar-refractivity contribution in [3.05, 3.63) is 94.3 Å². The summed E-state index contributed by atoms with van der Waals surface area (Å²) < 4.78 is 14.9. The summed E-state index contributed by atoms with van der Waals surface area (Å²) in [7, 11) is 0. The van der Waals surface area contributed by atoms with Crippen molar-refractivity contribution in [3.63, 3.8) is 0 Å². The quantitative estimate of drug-likeness (QED) is 0.353. The van der Waals surface area contributed by atoms with Gasteiger partial charge in [0.15, 0.2) is 0 Å². The van der Waals surface area contributed by atoms with Crippen LogP contribution in [0.1, 0.15) is 77.2 Å². The molecule has 3 aromatic rings. The molecular formula is C33H38FN3O2. The number of hydrogen-bond acceptors (Lipinski definition) is 3. The second-order valence-corrected chi connectivity index (χ2v) is 11.2. The molecule has 1 unspecified atom stereocenters. The van der Waals surface area contributed by atoms with Crippen molar-refractivity contribution in [2.24, 2.45) is 5.92 Å². The zero-order chi connectivity index (χ0) is 27.5. The summed E-state index contributed by atoms with van der Waals surface area (Å²) in [5.74, 6) is -1.49. The lowest BCUT2D eigenvalue weighted by Gasteiger charge is -2.41. The molecule has 1 saturated heterocycles. The molecule has 1 aliphatic heterocycles. The van der Waals surface area contributed by atoms with Gasteiger partial charge in [0.25, 0.3) is 5.91 Å². The predicted molar refractivity (Wildman–Crippen MR) is 155 cm³/mol. The summed E-state index contributed by atoms with van der Waals surface area (Å²) in [6.07, 6.45) is 6.17. The highest BCUT2D eigenvalue weighted by Crippen LogP contribution is 2.39. The van der Waals surface area contributed by atoms with E-state index in [1.807, 2.05) is 56.3 Å². The summed E-state index contributed by atoms with van der Waals surface area (Å²) in [6, 6.07) is 18.7. The lowest BCUT2D eigenvalue weighted by atomic mass is 9.83. The summed E-state index contributed by atoms with van der Waals surface area (Å²) >= 11 is 0. The maximum absolute atomic E-state index is 14.9. The van der Waals surface area contributed by atoms with Crippen LogP contribution in [-0.2, 0) is 4.79 Å². The van der Waals surface area contributed by atoms with Crippen molar-refractivity contribution in [1.82, 2.24) is 4.90 Å². The maximum Gasteiger partial charge on any atom is 0.257 e. The molecule has 3 aromatic carbocycles. The third-order valence-electron chi connectivity index (χ3n) is 8.42. The lowest BCUT2D eigenvalue weighted by molar-refractivity contribution is -0.123. The fourth-order valence-corrected chi connectivity index (χ4v) is 6.09. The highest BCUT2D eigenvalue weighted by atomic mass is 19.1. The fourth-order valence-electron chi connectivity index (χ4n) is 6.09. The van der Waals surface area contributed by atoms with Crippen molar-refractivity contribution in [2.75, 3.05) is 17.2 Å². The number of aryl methyl sites for hydroxylation is 3. The molecule has 2 fully saturated rings. The standard InChI is InChI=1S/C33H38FN3O2/c1-21-13-16-27(20-23(21)3)36-32(38)28-11-7-19-37(33(39)30-22(2)8-6-12-29(30)34)31(28)24-14-17-26(18-15-24)35-25-9-4-5-10-25/h6,8,12-18,20,25,28,31,35H,4-5,7,9-11,19H2,1-3H3,(H,36,38)/t28-,31?/m0/s1. The number of anilines is 2. The molecule has 1 saturated carbocycles. The van der Waals surface area contributed by atoms with Gasteiger partial charge in [-0.3, -0.25) is 9.59 Å². The van der Waals surface area contributed by atoms with Gasteiger partial charge in [0, 0.05) is 24.0 Å². The first kappa shape index (κ1) is 26.9. The Kier molecular flexibility index (Phi) is 8.01. The number of nitrogens with zero attached hydrogens (tertiary/aromatic N) is 1. The molecule has 1 heterocycles. The second-order valence-electron chi connectivity index (χ2n) is 11.2. The van der Waals surface area contributed by atoms with Gasteiger partial charge in [-0.25, -0.2) is 4.39 Å². The molecule has 2 aliphatic rings. The molecule has 2 amide bonds. The van der Waals surface area contributed by atoms with E-state index < -0.39 is 17.8 Å². The van der Waals surface area contributed by atoms with Crippen LogP contribution in [-0.4, -0.2) is 29.3 Å². The zero-order valence-corrected chi connectivity index (χ0v) is 23.1.